The highest BCUT2D eigenvalue weighted by atomic mass is 35.5. The molecule has 1 fully saturated rings. The summed E-state index contributed by atoms with van der Waals surface area (Å²) in [5.41, 5.74) is 0.973. The van der Waals surface area contributed by atoms with Crippen molar-refractivity contribution in [1.82, 2.24) is 0 Å². The van der Waals surface area contributed by atoms with Gasteiger partial charge in [-0.1, -0.05) is 18.5 Å². The predicted molar refractivity (Wildman–Crippen MR) is 72.0 cm³/mol. The molecule has 0 saturated carbocycles. The predicted octanol–water partition coefficient (Wildman–Crippen LogP) is 3.65. The Bertz CT molecular complexity index is 372. The van der Waals surface area contributed by atoms with E-state index in [0.717, 1.165) is 16.5 Å². The maximum absolute atomic E-state index is 6.15. The fourth-order valence-electron chi connectivity index (χ4n) is 1.86. The summed E-state index contributed by atoms with van der Waals surface area (Å²) in [6.07, 6.45) is 1.19. The topological polar surface area (TPSA) is 21.3 Å². The first kappa shape index (κ1) is 11.9. The van der Waals surface area contributed by atoms with E-state index in [1.54, 1.807) is 7.11 Å². The average Bonchev–Trinajstić information content (AvgIpc) is 2.68. The molecule has 4 heteroatoms. The number of thioether (sulfide) groups is 1. The average molecular weight is 258 g/mol. The van der Waals surface area contributed by atoms with Crippen LogP contribution in [0.2, 0.25) is 5.02 Å². The molecule has 2 unspecified atom stereocenters. The number of benzene rings is 1. The van der Waals surface area contributed by atoms with Crippen LogP contribution in [-0.4, -0.2) is 24.2 Å². The van der Waals surface area contributed by atoms with E-state index in [1.165, 1.54) is 12.2 Å². The van der Waals surface area contributed by atoms with Crippen LogP contribution in [0.4, 0.5) is 5.69 Å². The molecule has 0 spiro atoms. The van der Waals surface area contributed by atoms with E-state index in [-0.39, 0.29) is 0 Å². The molecule has 1 saturated heterocycles. The fraction of sp³-hybridized carbons (Fsp3) is 0.500. The zero-order valence-electron chi connectivity index (χ0n) is 9.50. The number of rotatable bonds is 3. The number of halogens is 1. The highest BCUT2D eigenvalue weighted by molar-refractivity contribution is 8.00. The van der Waals surface area contributed by atoms with Crippen LogP contribution in [0.5, 0.6) is 5.75 Å². The lowest BCUT2D eigenvalue weighted by atomic mass is 10.1. The molecule has 0 amide bonds. The Hall–Kier alpha value is -0.540. The molecule has 0 bridgehead atoms. The maximum atomic E-state index is 6.15. The number of anilines is 1. The zero-order chi connectivity index (χ0) is 11.5. The molecule has 2 nitrogen and oxygen atoms in total. The Kier molecular flexibility index (Phi) is 3.87. The summed E-state index contributed by atoms with van der Waals surface area (Å²) in [5.74, 6) is 2.06. The lowest BCUT2D eigenvalue weighted by Gasteiger charge is -2.19. The van der Waals surface area contributed by atoms with Gasteiger partial charge in [0, 0.05) is 17.4 Å². The summed E-state index contributed by atoms with van der Waals surface area (Å²) >= 11 is 8.16. The summed E-state index contributed by atoms with van der Waals surface area (Å²) in [6.45, 7) is 2.25. The molecule has 1 aliphatic rings. The molecule has 0 aromatic heterocycles. The van der Waals surface area contributed by atoms with Gasteiger partial charge in [-0.05, 0) is 24.3 Å². The Morgan fingerprint density at radius 2 is 2.31 bits per heavy atom. The van der Waals surface area contributed by atoms with Gasteiger partial charge < -0.3 is 10.1 Å². The van der Waals surface area contributed by atoms with Crippen LogP contribution in [0.1, 0.15) is 13.3 Å². The van der Waals surface area contributed by atoms with Crippen LogP contribution < -0.4 is 10.1 Å². The maximum Gasteiger partial charge on any atom is 0.121 e. The molecule has 0 radical (unpaired) electrons. The van der Waals surface area contributed by atoms with Gasteiger partial charge in [0.1, 0.15) is 5.75 Å². The first-order valence-electron chi connectivity index (χ1n) is 5.42. The molecule has 0 aliphatic carbocycles. The summed E-state index contributed by atoms with van der Waals surface area (Å²) in [7, 11) is 1.67. The lowest BCUT2D eigenvalue weighted by molar-refractivity contribution is 0.415. The minimum atomic E-state index is 0.509. The molecular formula is C12H16ClNOS. The third-order valence-corrected chi connectivity index (χ3v) is 4.55. The fourth-order valence-corrected chi connectivity index (χ4v) is 3.23. The Balaban J connectivity index is 2.13. The van der Waals surface area contributed by atoms with Gasteiger partial charge in [0.15, 0.2) is 0 Å². The first-order valence-corrected chi connectivity index (χ1v) is 6.85. The van der Waals surface area contributed by atoms with Crippen molar-refractivity contribution in [2.24, 2.45) is 0 Å². The standard InChI is InChI=1S/C12H16ClNOS/c1-8-11(5-6-16-8)14-12-7-9(15-2)3-4-10(12)13/h3-4,7-8,11,14H,5-6H2,1-2H3. The minimum Gasteiger partial charge on any atom is -0.497 e. The monoisotopic (exact) mass is 257 g/mol. The van der Waals surface area contributed by atoms with Crippen LogP contribution in [0.25, 0.3) is 0 Å². The SMILES string of the molecule is COc1ccc(Cl)c(NC2CCSC2C)c1. The van der Waals surface area contributed by atoms with Gasteiger partial charge in [-0.15, -0.1) is 0 Å². The molecule has 16 heavy (non-hydrogen) atoms. The largest absolute Gasteiger partial charge is 0.497 e. The Morgan fingerprint density at radius 1 is 1.50 bits per heavy atom. The molecule has 2 atom stereocenters. The van der Waals surface area contributed by atoms with Crippen LogP contribution in [0.15, 0.2) is 18.2 Å². The van der Waals surface area contributed by atoms with Crippen molar-refractivity contribution in [1.29, 1.82) is 0 Å². The van der Waals surface area contributed by atoms with Gasteiger partial charge in [0.2, 0.25) is 0 Å². The second kappa shape index (κ2) is 5.19. The van der Waals surface area contributed by atoms with Crippen molar-refractivity contribution in [3.63, 3.8) is 0 Å². The van der Waals surface area contributed by atoms with Crippen molar-refractivity contribution in [3.05, 3.63) is 23.2 Å². The highest BCUT2D eigenvalue weighted by Gasteiger charge is 2.24. The number of hydrogen-bond acceptors (Lipinski definition) is 3. The lowest BCUT2D eigenvalue weighted by Crippen LogP contribution is -2.24. The van der Waals surface area contributed by atoms with Crippen LogP contribution in [0.3, 0.4) is 0 Å². The molecular weight excluding hydrogens is 242 g/mol. The van der Waals surface area contributed by atoms with Crippen molar-refractivity contribution in [2.75, 3.05) is 18.2 Å². The van der Waals surface area contributed by atoms with Gasteiger partial charge in [-0.3, -0.25) is 0 Å². The number of ether oxygens (including phenoxy) is 1. The molecule has 1 aromatic rings. The third kappa shape index (κ3) is 2.58. The van der Waals surface area contributed by atoms with Gasteiger partial charge in [-0.2, -0.15) is 11.8 Å². The van der Waals surface area contributed by atoms with E-state index in [2.05, 4.69) is 12.2 Å². The second-order valence-electron chi connectivity index (χ2n) is 3.96. The van der Waals surface area contributed by atoms with E-state index in [9.17, 15) is 0 Å². The third-order valence-electron chi connectivity index (χ3n) is 2.89. The molecule has 1 aliphatic heterocycles. The van der Waals surface area contributed by atoms with Crippen molar-refractivity contribution < 1.29 is 4.74 Å². The number of hydrogen-bond donors (Lipinski definition) is 1. The minimum absolute atomic E-state index is 0.509. The smallest absolute Gasteiger partial charge is 0.121 e. The molecule has 2 rings (SSSR count). The van der Waals surface area contributed by atoms with Crippen molar-refractivity contribution in [2.45, 2.75) is 24.6 Å². The summed E-state index contributed by atoms with van der Waals surface area (Å²) in [6, 6.07) is 6.21. The van der Waals surface area contributed by atoms with E-state index < -0.39 is 0 Å². The van der Waals surface area contributed by atoms with Gasteiger partial charge in [0.05, 0.1) is 17.8 Å². The quantitative estimate of drug-likeness (QED) is 0.893. The van der Waals surface area contributed by atoms with E-state index in [1.807, 2.05) is 30.0 Å². The van der Waals surface area contributed by atoms with Crippen molar-refractivity contribution >= 4 is 29.1 Å². The zero-order valence-corrected chi connectivity index (χ0v) is 11.1. The van der Waals surface area contributed by atoms with Crippen LogP contribution >= 0.6 is 23.4 Å². The molecule has 1 heterocycles. The van der Waals surface area contributed by atoms with E-state index in [0.29, 0.717) is 11.3 Å². The summed E-state index contributed by atoms with van der Waals surface area (Å²) in [5, 5.41) is 4.90. The molecule has 88 valence electrons. The van der Waals surface area contributed by atoms with E-state index in [4.69, 9.17) is 16.3 Å². The van der Waals surface area contributed by atoms with Crippen LogP contribution in [0, 0.1) is 0 Å². The molecule has 1 aromatic carbocycles. The van der Waals surface area contributed by atoms with Crippen molar-refractivity contribution in [3.8, 4) is 5.75 Å². The Morgan fingerprint density at radius 3 is 2.94 bits per heavy atom. The first-order chi connectivity index (χ1) is 7.70. The summed E-state index contributed by atoms with van der Waals surface area (Å²) in [4.78, 5) is 0. The van der Waals surface area contributed by atoms with Gasteiger partial charge in [0.25, 0.3) is 0 Å². The number of nitrogens with one attached hydrogen (secondary N) is 1. The normalized spacial score (nSPS) is 24.4. The summed E-state index contributed by atoms with van der Waals surface area (Å²) < 4.78 is 5.20. The Labute approximate surface area is 106 Å². The second-order valence-corrected chi connectivity index (χ2v) is 5.85. The van der Waals surface area contributed by atoms with Gasteiger partial charge in [-0.25, -0.2) is 0 Å². The molecule has 1 N–H and O–H groups in total. The van der Waals surface area contributed by atoms with Crippen LogP contribution in [-0.2, 0) is 0 Å². The van der Waals surface area contributed by atoms with E-state index >= 15 is 0 Å². The highest BCUT2D eigenvalue weighted by Crippen LogP contribution is 2.32. The number of methoxy groups -OCH3 is 1. The van der Waals surface area contributed by atoms with Gasteiger partial charge >= 0.3 is 0 Å².